The quantitative estimate of drug-likeness (QED) is 0.876. The maximum absolute atomic E-state index is 11.8. The molecule has 2 rings (SSSR count). The molecule has 4 nitrogen and oxygen atoms in total. The van der Waals surface area contributed by atoms with Gasteiger partial charge in [0.1, 0.15) is 0 Å². The summed E-state index contributed by atoms with van der Waals surface area (Å²) in [6, 6.07) is 3.64. The predicted octanol–water partition coefficient (Wildman–Crippen LogP) is 2.83. The van der Waals surface area contributed by atoms with Gasteiger partial charge in [0.15, 0.2) is 0 Å². The van der Waals surface area contributed by atoms with Crippen LogP contribution in [-0.4, -0.2) is 4.57 Å². The van der Waals surface area contributed by atoms with Gasteiger partial charge in [0.2, 0.25) is 0 Å². The maximum Gasteiger partial charge on any atom is 0.422 e. The van der Waals surface area contributed by atoms with Crippen LogP contribution in [-0.2, 0) is 6.54 Å². The second-order valence-electron chi connectivity index (χ2n) is 4.30. The Morgan fingerprint density at radius 2 is 2.06 bits per heavy atom. The van der Waals surface area contributed by atoms with Crippen molar-refractivity contribution in [3.8, 4) is 0 Å². The van der Waals surface area contributed by atoms with Crippen molar-refractivity contribution < 1.29 is 4.42 Å². The summed E-state index contributed by atoms with van der Waals surface area (Å²) in [5, 5.41) is 0.442. The number of benzene rings is 1. The fraction of sp³-hybridized carbons (Fsp3) is 0.385. The molecule has 1 aromatic carbocycles. The van der Waals surface area contributed by atoms with Crippen LogP contribution in [0.25, 0.3) is 10.9 Å². The summed E-state index contributed by atoms with van der Waals surface area (Å²) in [5.74, 6) is -0.592. The molecule has 0 bridgehead atoms. The maximum atomic E-state index is 11.8. The molecule has 1 heterocycles. The Hall–Kier alpha value is -1.36. The van der Waals surface area contributed by atoms with Gasteiger partial charge in [0.05, 0.1) is 10.9 Å². The van der Waals surface area contributed by atoms with E-state index in [9.17, 15) is 9.59 Å². The fourth-order valence-corrected chi connectivity index (χ4v) is 2.75. The lowest BCUT2D eigenvalue weighted by atomic mass is 10.1. The van der Waals surface area contributed by atoms with Crippen LogP contribution >= 0.6 is 15.9 Å². The van der Waals surface area contributed by atoms with Crippen LogP contribution in [0.1, 0.15) is 25.3 Å². The Balaban J connectivity index is 2.85. The summed E-state index contributed by atoms with van der Waals surface area (Å²) in [7, 11) is 0. The van der Waals surface area contributed by atoms with Gasteiger partial charge in [0.25, 0.3) is 0 Å². The average Bonchev–Trinajstić information content (AvgIpc) is 2.29. The highest BCUT2D eigenvalue weighted by atomic mass is 79.9. The summed E-state index contributed by atoms with van der Waals surface area (Å²) in [6.45, 7) is 4.49. The van der Waals surface area contributed by atoms with Gasteiger partial charge >= 0.3 is 11.4 Å². The minimum absolute atomic E-state index is 0.442. The molecule has 0 N–H and O–H groups in total. The number of aryl methyl sites for hydroxylation is 2. The third kappa shape index (κ3) is 2.27. The first-order valence-corrected chi connectivity index (χ1v) is 6.67. The van der Waals surface area contributed by atoms with E-state index in [1.54, 1.807) is 6.07 Å². The molecule has 18 heavy (non-hydrogen) atoms. The summed E-state index contributed by atoms with van der Waals surface area (Å²) in [4.78, 5) is 23.5. The third-order valence-corrected chi connectivity index (χ3v) is 3.44. The Labute approximate surface area is 112 Å². The van der Waals surface area contributed by atoms with Crippen LogP contribution in [0.2, 0.25) is 0 Å². The normalized spacial score (nSPS) is 11.1. The second-order valence-corrected chi connectivity index (χ2v) is 5.16. The fourth-order valence-electron chi connectivity index (χ4n) is 1.96. The van der Waals surface area contributed by atoms with Gasteiger partial charge in [-0.3, -0.25) is 4.57 Å². The lowest BCUT2D eigenvalue weighted by molar-refractivity contribution is 0.411. The van der Waals surface area contributed by atoms with Gasteiger partial charge < -0.3 is 4.42 Å². The van der Waals surface area contributed by atoms with E-state index in [0.29, 0.717) is 17.4 Å². The highest BCUT2D eigenvalue weighted by Crippen LogP contribution is 2.23. The number of hydrogen-bond donors (Lipinski definition) is 0. The Morgan fingerprint density at radius 1 is 1.33 bits per heavy atom. The van der Waals surface area contributed by atoms with Crippen molar-refractivity contribution in [3.05, 3.63) is 43.1 Å². The molecule has 0 atom stereocenters. The van der Waals surface area contributed by atoms with Gasteiger partial charge in [-0.15, -0.1) is 0 Å². The Kier molecular flexibility index (Phi) is 3.71. The first kappa shape index (κ1) is 13.1. The van der Waals surface area contributed by atoms with E-state index in [1.807, 2.05) is 19.9 Å². The van der Waals surface area contributed by atoms with E-state index in [4.69, 9.17) is 4.42 Å². The zero-order valence-corrected chi connectivity index (χ0v) is 11.9. The van der Waals surface area contributed by atoms with Crippen molar-refractivity contribution in [2.75, 3.05) is 0 Å². The number of halogens is 1. The largest absolute Gasteiger partial charge is 0.422 e. The molecular weight excluding hydrogens is 298 g/mol. The van der Waals surface area contributed by atoms with Gasteiger partial charge in [0, 0.05) is 11.0 Å². The minimum atomic E-state index is -0.592. The lowest BCUT2D eigenvalue weighted by Crippen LogP contribution is -2.25. The van der Waals surface area contributed by atoms with Crippen LogP contribution in [0.15, 0.2) is 30.6 Å². The molecule has 96 valence electrons. The molecule has 0 unspecified atom stereocenters. The average molecular weight is 312 g/mol. The molecule has 0 aliphatic rings. The van der Waals surface area contributed by atoms with Crippen molar-refractivity contribution >= 4 is 26.8 Å². The zero-order valence-electron chi connectivity index (χ0n) is 10.3. The van der Waals surface area contributed by atoms with Crippen LogP contribution in [0.5, 0.6) is 0 Å². The monoisotopic (exact) mass is 311 g/mol. The van der Waals surface area contributed by atoms with Gasteiger partial charge in [-0.05, 0) is 47.0 Å². The Morgan fingerprint density at radius 3 is 2.72 bits per heavy atom. The second kappa shape index (κ2) is 5.10. The molecule has 0 aliphatic heterocycles. The highest BCUT2D eigenvalue weighted by Gasteiger charge is 2.12. The molecule has 2 aromatic rings. The van der Waals surface area contributed by atoms with E-state index >= 15 is 0 Å². The van der Waals surface area contributed by atoms with Crippen molar-refractivity contribution in [3.63, 3.8) is 0 Å². The first-order chi connectivity index (χ1) is 8.54. The Bertz CT molecular complexity index is 700. The lowest BCUT2D eigenvalue weighted by Gasteiger charge is -2.10. The van der Waals surface area contributed by atoms with E-state index < -0.39 is 11.4 Å². The predicted molar refractivity (Wildman–Crippen MR) is 74.1 cm³/mol. The van der Waals surface area contributed by atoms with Crippen LogP contribution < -0.4 is 11.4 Å². The smallest absolute Gasteiger partial charge is 0.372 e. The van der Waals surface area contributed by atoms with E-state index in [0.717, 1.165) is 22.9 Å². The molecule has 0 saturated carbocycles. The molecule has 0 saturated heterocycles. The molecule has 1 aromatic heterocycles. The SMILES string of the molecule is CCCCn1c(=O)oc(=O)c2cc(C)cc(Br)c21. The summed E-state index contributed by atoms with van der Waals surface area (Å²) in [5.41, 5.74) is 0.991. The highest BCUT2D eigenvalue weighted by molar-refractivity contribution is 9.10. The zero-order chi connectivity index (χ0) is 13.3. The third-order valence-electron chi connectivity index (χ3n) is 2.83. The summed E-state index contributed by atoms with van der Waals surface area (Å²) in [6.07, 6.45) is 1.83. The molecule has 0 aliphatic carbocycles. The number of nitrogens with zero attached hydrogens (tertiary/aromatic N) is 1. The molecule has 0 spiro atoms. The van der Waals surface area contributed by atoms with Crippen molar-refractivity contribution in [2.24, 2.45) is 0 Å². The number of rotatable bonds is 3. The minimum Gasteiger partial charge on any atom is -0.372 e. The van der Waals surface area contributed by atoms with E-state index in [-0.39, 0.29) is 0 Å². The molecule has 5 heteroatoms. The van der Waals surface area contributed by atoms with Gasteiger partial charge in [-0.2, -0.15) is 0 Å². The van der Waals surface area contributed by atoms with Crippen LogP contribution in [0.4, 0.5) is 0 Å². The molecular formula is C13H14BrNO3. The van der Waals surface area contributed by atoms with E-state index in [1.165, 1.54) is 4.57 Å². The van der Waals surface area contributed by atoms with Crippen molar-refractivity contribution in [1.29, 1.82) is 0 Å². The van der Waals surface area contributed by atoms with Crippen LogP contribution in [0.3, 0.4) is 0 Å². The molecule has 0 fully saturated rings. The number of fused-ring (bicyclic) bond motifs is 1. The van der Waals surface area contributed by atoms with Crippen molar-refractivity contribution in [2.45, 2.75) is 33.2 Å². The van der Waals surface area contributed by atoms with Gasteiger partial charge in [-0.25, -0.2) is 9.59 Å². The first-order valence-electron chi connectivity index (χ1n) is 5.88. The molecule has 0 amide bonds. The standard InChI is InChI=1S/C13H14BrNO3/c1-3-4-5-15-11-9(12(16)18-13(15)17)6-8(2)7-10(11)14/h6-7H,3-5H2,1-2H3. The molecule has 0 radical (unpaired) electrons. The number of aromatic nitrogens is 1. The topological polar surface area (TPSA) is 52.2 Å². The number of unbranched alkanes of at least 4 members (excludes halogenated alkanes) is 1. The van der Waals surface area contributed by atoms with Crippen molar-refractivity contribution in [1.82, 2.24) is 4.57 Å². The van der Waals surface area contributed by atoms with Gasteiger partial charge in [-0.1, -0.05) is 13.3 Å². The summed E-state index contributed by atoms with van der Waals surface area (Å²) >= 11 is 3.42. The number of hydrogen-bond acceptors (Lipinski definition) is 3. The summed E-state index contributed by atoms with van der Waals surface area (Å²) < 4.78 is 7.03. The van der Waals surface area contributed by atoms with Crippen LogP contribution in [0, 0.1) is 6.92 Å². The van der Waals surface area contributed by atoms with E-state index in [2.05, 4.69) is 15.9 Å².